The van der Waals surface area contributed by atoms with Crippen molar-refractivity contribution >= 4 is 5.78 Å². The summed E-state index contributed by atoms with van der Waals surface area (Å²) in [4.78, 5) is 13.4. The molecule has 1 aliphatic carbocycles. The average Bonchev–Trinajstić information content (AvgIpc) is 2.56. The summed E-state index contributed by atoms with van der Waals surface area (Å²) in [5.41, 5.74) is -1.17. The number of carbonyl (C=O) groups excluding carboxylic acids is 1. The first kappa shape index (κ1) is 17.0. The van der Waals surface area contributed by atoms with Crippen LogP contribution in [0.2, 0.25) is 0 Å². The number of hydrogen-bond donors (Lipinski definition) is 0. The fraction of sp³-hybridized carbons (Fsp3) is 0.944. The van der Waals surface area contributed by atoms with Crippen LogP contribution in [0.25, 0.3) is 0 Å². The molecule has 2 aliphatic rings. The summed E-state index contributed by atoms with van der Waals surface area (Å²) in [6, 6.07) is 0. The van der Waals surface area contributed by atoms with Crippen LogP contribution in [0.4, 0.5) is 0 Å². The number of ketones is 1. The van der Waals surface area contributed by atoms with E-state index in [0.717, 1.165) is 32.1 Å². The van der Waals surface area contributed by atoms with Gasteiger partial charge in [-0.1, -0.05) is 25.7 Å². The number of hydrogen-bond acceptors (Lipinski definition) is 3. The lowest BCUT2D eigenvalue weighted by Crippen LogP contribution is -2.49. The Balaban J connectivity index is 2.26. The van der Waals surface area contributed by atoms with Gasteiger partial charge in [-0.25, -0.2) is 0 Å². The predicted molar refractivity (Wildman–Crippen MR) is 84.4 cm³/mol. The normalized spacial score (nSPS) is 30.8. The highest BCUT2D eigenvalue weighted by Crippen LogP contribution is 2.46. The zero-order valence-corrected chi connectivity index (χ0v) is 14.5. The van der Waals surface area contributed by atoms with Gasteiger partial charge in [0.15, 0.2) is 5.78 Å². The maximum absolute atomic E-state index is 13.4. The topological polar surface area (TPSA) is 35.5 Å². The van der Waals surface area contributed by atoms with Crippen LogP contribution in [0.3, 0.4) is 0 Å². The van der Waals surface area contributed by atoms with Gasteiger partial charge in [-0.3, -0.25) is 4.79 Å². The molecule has 0 bridgehead atoms. The van der Waals surface area contributed by atoms with E-state index in [2.05, 4.69) is 27.7 Å². The van der Waals surface area contributed by atoms with Crippen LogP contribution in [0.1, 0.15) is 79.6 Å². The highest BCUT2D eigenvalue weighted by Gasteiger charge is 2.54. The first-order chi connectivity index (χ1) is 9.72. The number of rotatable bonds is 4. The summed E-state index contributed by atoms with van der Waals surface area (Å²) in [7, 11) is 0. The zero-order valence-electron chi connectivity index (χ0n) is 14.5. The van der Waals surface area contributed by atoms with Gasteiger partial charge in [0.2, 0.25) is 0 Å². The minimum atomic E-state index is -0.559. The van der Waals surface area contributed by atoms with Crippen molar-refractivity contribution in [2.45, 2.75) is 96.4 Å². The van der Waals surface area contributed by atoms with Gasteiger partial charge in [0.1, 0.15) is 5.60 Å². The van der Waals surface area contributed by atoms with Crippen molar-refractivity contribution < 1.29 is 14.3 Å². The minimum absolute atomic E-state index is 0.0582. The molecule has 0 spiro atoms. The van der Waals surface area contributed by atoms with Crippen molar-refractivity contribution in [2.75, 3.05) is 6.61 Å². The van der Waals surface area contributed by atoms with Gasteiger partial charge in [-0.15, -0.1) is 0 Å². The van der Waals surface area contributed by atoms with Crippen LogP contribution in [0, 0.1) is 5.92 Å². The van der Waals surface area contributed by atoms with E-state index >= 15 is 0 Å². The lowest BCUT2D eigenvalue weighted by atomic mass is 9.75. The Morgan fingerprint density at radius 2 is 1.67 bits per heavy atom. The molecule has 2 fully saturated rings. The molecule has 3 nitrogen and oxygen atoms in total. The maximum Gasteiger partial charge on any atom is 0.170 e. The lowest BCUT2D eigenvalue weighted by molar-refractivity contribution is -0.156. The van der Waals surface area contributed by atoms with Crippen molar-refractivity contribution in [3.63, 3.8) is 0 Å². The Hall–Kier alpha value is -0.410. The molecule has 0 N–H and O–H groups in total. The van der Waals surface area contributed by atoms with Gasteiger partial charge in [0.05, 0.1) is 17.1 Å². The van der Waals surface area contributed by atoms with Gasteiger partial charge in [-0.05, 0) is 53.9 Å². The van der Waals surface area contributed by atoms with Crippen LogP contribution < -0.4 is 0 Å². The molecule has 1 saturated carbocycles. The van der Waals surface area contributed by atoms with Gasteiger partial charge < -0.3 is 9.47 Å². The molecule has 1 atom stereocenters. The molecule has 1 saturated heterocycles. The zero-order chi connectivity index (χ0) is 15.7. The molecule has 1 heterocycles. The molecule has 0 amide bonds. The van der Waals surface area contributed by atoms with Crippen LogP contribution in [0.5, 0.6) is 0 Å². The highest BCUT2D eigenvalue weighted by atomic mass is 16.5. The molecule has 1 unspecified atom stereocenters. The van der Waals surface area contributed by atoms with Crippen LogP contribution in [-0.4, -0.2) is 29.2 Å². The molecule has 0 aromatic rings. The average molecular weight is 296 g/mol. The number of Topliss-reactive ketones (excluding diaryl/α,β-unsaturated/α-hetero) is 1. The third-order valence-corrected chi connectivity index (χ3v) is 5.17. The smallest absolute Gasteiger partial charge is 0.170 e. The first-order valence-corrected chi connectivity index (χ1v) is 8.61. The summed E-state index contributed by atoms with van der Waals surface area (Å²) in [6.45, 7) is 10.9. The highest BCUT2D eigenvalue weighted by molar-refractivity contribution is 5.90. The maximum atomic E-state index is 13.4. The van der Waals surface area contributed by atoms with Gasteiger partial charge in [0, 0.05) is 6.61 Å². The Bertz CT molecular complexity index is 376. The standard InChI is InChI=1S/C18H32O3/c1-6-20-18(11-9-7-8-10-12-18)15(19)14-13-16(2,3)21-17(14,4)5/h14H,6-13H2,1-5H3. The molecular formula is C18H32O3. The second-order valence-corrected chi connectivity index (χ2v) is 7.93. The van der Waals surface area contributed by atoms with Crippen molar-refractivity contribution in [3.8, 4) is 0 Å². The molecule has 122 valence electrons. The summed E-state index contributed by atoms with van der Waals surface area (Å²) in [5.74, 6) is 0.235. The molecule has 0 aromatic carbocycles. The summed E-state index contributed by atoms with van der Waals surface area (Å²) in [5, 5.41) is 0. The Morgan fingerprint density at radius 3 is 2.10 bits per heavy atom. The van der Waals surface area contributed by atoms with Crippen LogP contribution >= 0.6 is 0 Å². The van der Waals surface area contributed by atoms with Crippen molar-refractivity contribution in [3.05, 3.63) is 0 Å². The van der Waals surface area contributed by atoms with E-state index in [1.807, 2.05) is 6.92 Å². The second kappa shape index (κ2) is 6.00. The minimum Gasteiger partial charge on any atom is -0.369 e. The van der Waals surface area contributed by atoms with Crippen molar-refractivity contribution in [1.29, 1.82) is 0 Å². The van der Waals surface area contributed by atoms with E-state index < -0.39 is 11.2 Å². The van der Waals surface area contributed by atoms with Crippen LogP contribution in [0.15, 0.2) is 0 Å². The van der Waals surface area contributed by atoms with Gasteiger partial charge >= 0.3 is 0 Å². The Labute approximate surface area is 129 Å². The van der Waals surface area contributed by atoms with E-state index in [9.17, 15) is 4.79 Å². The summed E-state index contributed by atoms with van der Waals surface area (Å²) >= 11 is 0. The fourth-order valence-electron chi connectivity index (χ4n) is 4.33. The fourth-order valence-corrected chi connectivity index (χ4v) is 4.33. The number of ether oxygens (including phenoxy) is 2. The van der Waals surface area contributed by atoms with Crippen molar-refractivity contribution in [2.24, 2.45) is 5.92 Å². The quantitative estimate of drug-likeness (QED) is 0.726. The summed E-state index contributed by atoms with van der Waals surface area (Å²) < 4.78 is 12.2. The molecule has 1 aliphatic heterocycles. The van der Waals surface area contributed by atoms with E-state index in [1.54, 1.807) is 0 Å². The van der Waals surface area contributed by atoms with Gasteiger partial charge in [-0.2, -0.15) is 0 Å². The molecule has 3 heteroatoms. The second-order valence-electron chi connectivity index (χ2n) is 7.93. The van der Waals surface area contributed by atoms with E-state index in [4.69, 9.17) is 9.47 Å². The predicted octanol–water partition coefficient (Wildman–Crippen LogP) is 4.28. The largest absolute Gasteiger partial charge is 0.369 e. The monoisotopic (exact) mass is 296 g/mol. The SMILES string of the molecule is CCOC1(C(=O)C2CC(C)(C)OC2(C)C)CCCCCC1. The molecule has 0 radical (unpaired) electrons. The lowest BCUT2D eigenvalue weighted by Gasteiger charge is -2.36. The van der Waals surface area contributed by atoms with Crippen molar-refractivity contribution in [1.82, 2.24) is 0 Å². The van der Waals surface area contributed by atoms with Crippen LogP contribution in [-0.2, 0) is 14.3 Å². The van der Waals surface area contributed by atoms with E-state index in [0.29, 0.717) is 12.4 Å². The van der Waals surface area contributed by atoms with Gasteiger partial charge in [0.25, 0.3) is 0 Å². The summed E-state index contributed by atoms with van der Waals surface area (Å²) in [6.07, 6.45) is 7.20. The molecular weight excluding hydrogens is 264 g/mol. The third kappa shape index (κ3) is 3.50. The Kier molecular flexibility index (Phi) is 4.84. The number of carbonyl (C=O) groups is 1. The molecule has 21 heavy (non-hydrogen) atoms. The molecule has 0 aromatic heterocycles. The van der Waals surface area contributed by atoms with E-state index in [-0.39, 0.29) is 11.5 Å². The molecule has 2 rings (SSSR count). The Morgan fingerprint density at radius 1 is 1.10 bits per heavy atom. The van der Waals surface area contributed by atoms with E-state index in [1.165, 1.54) is 12.8 Å². The first-order valence-electron chi connectivity index (χ1n) is 8.61. The third-order valence-electron chi connectivity index (χ3n) is 5.17.